The molecule has 0 aromatic heterocycles. The van der Waals surface area contributed by atoms with Gasteiger partial charge in [-0.05, 0) is 49.8 Å². The molecule has 3 N–H and O–H groups in total. The minimum absolute atomic E-state index is 0.146. The Bertz CT molecular complexity index is 724. The number of rotatable bonds is 9. The second-order valence-electron chi connectivity index (χ2n) is 7.72. The molecule has 1 aromatic carbocycles. The molecule has 6 nitrogen and oxygen atoms in total. The van der Waals surface area contributed by atoms with Gasteiger partial charge in [0.2, 0.25) is 10.0 Å². The maximum absolute atomic E-state index is 12.4. The van der Waals surface area contributed by atoms with E-state index in [0.717, 1.165) is 19.4 Å². The first-order valence-corrected chi connectivity index (χ1v) is 11.6. The molecule has 0 unspecified atom stereocenters. The van der Waals surface area contributed by atoms with Crippen LogP contribution in [-0.4, -0.2) is 40.0 Å². The molecule has 7 heteroatoms. The van der Waals surface area contributed by atoms with E-state index >= 15 is 0 Å². The van der Waals surface area contributed by atoms with Gasteiger partial charge in [-0.1, -0.05) is 31.7 Å². The fourth-order valence-corrected chi connectivity index (χ4v) is 4.64. The lowest BCUT2D eigenvalue weighted by Crippen LogP contribution is -2.37. The van der Waals surface area contributed by atoms with E-state index in [4.69, 9.17) is 0 Å². The molecule has 2 aliphatic carbocycles. The zero-order valence-electron chi connectivity index (χ0n) is 15.9. The van der Waals surface area contributed by atoms with E-state index in [2.05, 4.69) is 15.4 Å². The molecule has 0 radical (unpaired) electrons. The zero-order valence-corrected chi connectivity index (χ0v) is 16.7. The van der Waals surface area contributed by atoms with E-state index in [-0.39, 0.29) is 10.8 Å². The summed E-state index contributed by atoms with van der Waals surface area (Å²) in [5, 5.41) is 6.39. The van der Waals surface area contributed by atoms with E-state index in [1.165, 1.54) is 50.7 Å². The third-order valence-corrected chi connectivity index (χ3v) is 6.79. The average molecular weight is 394 g/mol. The zero-order chi connectivity index (χ0) is 19.1. The molecule has 0 atom stereocenters. The van der Waals surface area contributed by atoms with Gasteiger partial charge >= 0.3 is 0 Å². The van der Waals surface area contributed by atoms with Crippen molar-refractivity contribution in [1.29, 1.82) is 0 Å². The summed E-state index contributed by atoms with van der Waals surface area (Å²) in [7, 11) is -3.56. The number of hydrogen-bond acceptors (Lipinski definition) is 4. The van der Waals surface area contributed by atoms with Crippen LogP contribution in [0, 0.1) is 5.92 Å². The van der Waals surface area contributed by atoms with Crippen LogP contribution in [0.25, 0.3) is 0 Å². The SMILES string of the molecule is O=C(NCCNC1CCCCCC1)c1cccc(S(=O)(=O)NCC2CC2)c1. The molecule has 2 saturated carbocycles. The first kappa shape index (κ1) is 20.3. The van der Waals surface area contributed by atoms with Gasteiger partial charge in [-0.3, -0.25) is 4.79 Å². The van der Waals surface area contributed by atoms with Crippen LogP contribution in [0.3, 0.4) is 0 Å². The molecular formula is C20H31N3O3S. The van der Waals surface area contributed by atoms with Crippen molar-refractivity contribution in [3.8, 4) is 0 Å². The smallest absolute Gasteiger partial charge is 0.251 e. The number of nitrogens with one attached hydrogen (secondary N) is 3. The van der Waals surface area contributed by atoms with E-state index in [0.29, 0.717) is 30.6 Å². The van der Waals surface area contributed by atoms with E-state index in [1.54, 1.807) is 12.1 Å². The van der Waals surface area contributed by atoms with Crippen molar-refractivity contribution in [2.75, 3.05) is 19.6 Å². The second-order valence-corrected chi connectivity index (χ2v) is 9.49. The Morgan fingerprint density at radius 2 is 1.74 bits per heavy atom. The fraction of sp³-hybridized carbons (Fsp3) is 0.650. The van der Waals surface area contributed by atoms with Gasteiger partial charge in [-0.25, -0.2) is 13.1 Å². The molecule has 0 spiro atoms. The topological polar surface area (TPSA) is 87.3 Å². The molecule has 3 rings (SSSR count). The van der Waals surface area contributed by atoms with Crippen LogP contribution in [0.15, 0.2) is 29.2 Å². The monoisotopic (exact) mass is 393 g/mol. The Morgan fingerprint density at radius 1 is 1.00 bits per heavy atom. The van der Waals surface area contributed by atoms with Gasteiger partial charge in [0, 0.05) is 31.2 Å². The van der Waals surface area contributed by atoms with Crippen LogP contribution in [0.2, 0.25) is 0 Å². The van der Waals surface area contributed by atoms with Crippen molar-refractivity contribution in [3.05, 3.63) is 29.8 Å². The van der Waals surface area contributed by atoms with Crippen LogP contribution in [0.4, 0.5) is 0 Å². The molecule has 27 heavy (non-hydrogen) atoms. The molecule has 0 saturated heterocycles. The largest absolute Gasteiger partial charge is 0.351 e. The van der Waals surface area contributed by atoms with Crippen molar-refractivity contribution in [3.63, 3.8) is 0 Å². The Kier molecular flexibility index (Phi) is 7.26. The Labute approximate surface area is 162 Å². The van der Waals surface area contributed by atoms with Gasteiger partial charge in [-0.15, -0.1) is 0 Å². The number of amides is 1. The molecular weight excluding hydrogens is 362 g/mol. The van der Waals surface area contributed by atoms with Gasteiger partial charge in [0.1, 0.15) is 0 Å². The van der Waals surface area contributed by atoms with Gasteiger partial charge in [0.25, 0.3) is 5.91 Å². The highest BCUT2D eigenvalue weighted by Gasteiger charge is 2.24. The summed E-state index contributed by atoms with van der Waals surface area (Å²) in [4.78, 5) is 12.5. The summed E-state index contributed by atoms with van der Waals surface area (Å²) in [5.41, 5.74) is 0.374. The van der Waals surface area contributed by atoms with E-state index < -0.39 is 10.0 Å². The number of sulfonamides is 1. The molecule has 1 amide bonds. The number of carbonyl (C=O) groups is 1. The second kappa shape index (κ2) is 9.66. The molecule has 0 bridgehead atoms. The summed E-state index contributed by atoms with van der Waals surface area (Å²) in [6, 6.07) is 6.79. The Morgan fingerprint density at radius 3 is 2.44 bits per heavy atom. The summed E-state index contributed by atoms with van der Waals surface area (Å²) in [5.74, 6) is 0.226. The van der Waals surface area contributed by atoms with Crippen molar-refractivity contribution < 1.29 is 13.2 Å². The predicted molar refractivity (Wildman–Crippen MR) is 106 cm³/mol. The average Bonchev–Trinajstić information content (AvgIpc) is 3.51. The predicted octanol–water partition coefficient (Wildman–Crippen LogP) is 2.42. The third kappa shape index (κ3) is 6.59. The first-order valence-electron chi connectivity index (χ1n) is 10.2. The summed E-state index contributed by atoms with van der Waals surface area (Å²) >= 11 is 0. The van der Waals surface area contributed by atoms with Crippen LogP contribution >= 0.6 is 0 Å². The van der Waals surface area contributed by atoms with Crippen LogP contribution in [0.5, 0.6) is 0 Å². The van der Waals surface area contributed by atoms with Gasteiger partial charge < -0.3 is 10.6 Å². The lowest BCUT2D eigenvalue weighted by atomic mass is 10.1. The molecule has 2 aliphatic rings. The highest BCUT2D eigenvalue weighted by molar-refractivity contribution is 7.89. The number of carbonyl (C=O) groups excluding carboxylic acids is 1. The third-order valence-electron chi connectivity index (χ3n) is 5.36. The van der Waals surface area contributed by atoms with Crippen LogP contribution in [-0.2, 0) is 10.0 Å². The van der Waals surface area contributed by atoms with Gasteiger partial charge in [-0.2, -0.15) is 0 Å². The molecule has 150 valence electrons. The number of hydrogen-bond donors (Lipinski definition) is 3. The number of benzene rings is 1. The Balaban J connectivity index is 1.46. The van der Waals surface area contributed by atoms with Gasteiger partial charge in [0.15, 0.2) is 0 Å². The lowest BCUT2D eigenvalue weighted by Gasteiger charge is -2.16. The van der Waals surface area contributed by atoms with Crippen molar-refractivity contribution in [1.82, 2.24) is 15.4 Å². The normalized spacial score (nSPS) is 18.8. The van der Waals surface area contributed by atoms with Gasteiger partial charge in [0.05, 0.1) is 4.90 Å². The molecule has 0 aliphatic heterocycles. The quantitative estimate of drug-likeness (QED) is 0.444. The summed E-state index contributed by atoms with van der Waals surface area (Å²) < 4.78 is 27.3. The molecule has 2 fully saturated rings. The lowest BCUT2D eigenvalue weighted by molar-refractivity contribution is 0.0953. The first-order chi connectivity index (χ1) is 13.0. The van der Waals surface area contributed by atoms with Crippen LogP contribution < -0.4 is 15.4 Å². The minimum Gasteiger partial charge on any atom is -0.351 e. The van der Waals surface area contributed by atoms with Crippen LogP contribution in [0.1, 0.15) is 61.7 Å². The fourth-order valence-electron chi connectivity index (χ4n) is 3.48. The van der Waals surface area contributed by atoms with Crippen molar-refractivity contribution in [2.24, 2.45) is 5.92 Å². The highest BCUT2D eigenvalue weighted by atomic mass is 32.2. The molecule has 0 heterocycles. The van der Waals surface area contributed by atoms with Crippen molar-refractivity contribution >= 4 is 15.9 Å². The summed E-state index contributed by atoms with van der Waals surface area (Å²) in [6.45, 7) is 1.75. The molecule has 1 aromatic rings. The van der Waals surface area contributed by atoms with E-state index in [1.807, 2.05) is 0 Å². The summed E-state index contributed by atoms with van der Waals surface area (Å²) in [6.07, 6.45) is 9.79. The Hall–Kier alpha value is -1.44. The van der Waals surface area contributed by atoms with E-state index in [9.17, 15) is 13.2 Å². The maximum atomic E-state index is 12.4. The maximum Gasteiger partial charge on any atom is 0.251 e. The highest BCUT2D eigenvalue weighted by Crippen LogP contribution is 2.28. The standard InChI is InChI=1S/C20H31N3O3S/c24-20(22-13-12-21-18-7-3-1-2-4-8-18)17-6-5-9-19(14-17)27(25,26)23-15-16-10-11-16/h5-6,9,14,16,18,21,23H,1-4,7-8,10-13,15H2,(H,22,24). The van der Waals surface area contributed by atoms with Crippen molar-refractivity contribution in [2.45, 2.75) is 62.3 Å². The minimum atomic E-state index is -3.56.